The Labute approximate surface area is 161 Å². The second-order valence-electron chi connectivity index (χ2n) is 6.79. The average molecular weight is 379 g/mol. The molecule has 2 atom stereocenters. The predicted molar refractivity (Wildman–Crippen MR) is 102 cm³/mol. The fourth-order valence-corrected chi connectivity index (χ4v) is 3.53. The van der Waals surface area contributed by atoms with Gasteiger partial charge in [0.1, 0.15) is 5.82 Å². The number of para-hydroxylation sites is 1. The minimum Gasteiger partial charge on any atom is -0.319 e. The van der Waals surface area contributed by atoms with E-state index in [0.717, 1.165) is 0 Å². The van der Waals surface area contributed by atoms with E-state index in [1.807, 2.05) is 12.2 Å². The first-order valence-corrected chi connectivity index (χ1v) is 9.00. The maximum absolute atomic E-state index is 13.8. The third-order valence-electron chi connectivity index (χ3n) is 5.02. The highest BCUT2D eigenvalue weighted by Crippen LogP contribution is 2.32. The summed E-state index contributed by atoms with van der Waals surface area (Å²) in [6, 6.07) is 12.2. The van der Waals surface area contributed by atoms with E-state index in [0.29, 0.717) is 18.5 Å². The number of hydrogen-bond donors (Lipinski definition) is 2. The van der Waals surface area contributed by atoms with Crippen LogP contribution in [0.2, 0.25) is 0 Å². The monoisotopic (exact) mass is 379 g/mol. The van der Waals surface area contributed by atoms with Crippen LogP contribution in [0.15, 0.2) is 60.7 Å². The van der Waals surface area contributed by atoms with Gasteiger partial charge in [-0.25, -0.2) is 9.40 Å². The second kappa shape index (κ2) is 7.26. The van der Waals surface area contributed by atoms with Crippen LogP contribution >= 0.6 is 0 Å². The topological polar surface area (TPSA) is 78.5 Å². The number of hydrazine groups is 1. The Kier molecular flexibility index (Phi) is 4.65. The lowest BCUT2D eigenvalue weighted by Crippen LogP contribution is -2.59. The first-order chi connectivity index (χ1) is 13.5. The molecule has 2 N–H and O–H groups in total. The number of allylic oxidation sites excluding steroid dienone is 2. The van der Waals surface area contributed by atoms with Crippen molar-refractivity contribution >= 4 is 29.1 Å². The van der Waals surface area contributed by atoms with Crippen LogP contribution in [0.3, 0.4) is 0 Å². The molecule has 28 heavy (non-hydrogen) atoms. The zero-order valence-corrected chi connectivity index (χ0v) is 14.9. The molecule has 2 aliphatic rings. The van der Waals surface area contributed by atoms with E-state index in [4.69, 9.17) is 0 Å². The third kappa shape index (κ3) is 3.26. The van der Waals surface area contributed by atoms with Gasteiger partial charge in [0.25, 0.3) is 5.91 Å². The summed E-state index contributed by atoms with van der Waals surface area (Å²) in [7, 11) is 0. The number of hydrogen-bond acceptors (Lipinski definition) is 3. The van der Waals surface area contributed by atoms with E-state index < -0.39 is 17.6 Å². The van der Waals surface area contributed by atoms with Gasteiger partial charge in [-0.2, -0.15) is 0 Å². The summed E-state index contributed by atoms with van der Waals surface area (Å²) in [6.07, 6.45) is 4.88. The number of benzene rings is 2. The van der Waals surface area contributed by atoms with Crippen molar-refractivity contribution in [3.63, 3.8) is 0 Å². The molecule has 2 aromatic rings. The van der Waals surface area contributed by atoms with E-state index in [9.17, 15) is 18.8 Å². The Hall–Kier alpha value is -3.48. The maximum atomic E-state index is 13.8. The number of nitrogens with zero attached hydrogens (tertiary/aromatic N) is 1. The lowest BCUT2D eigenvalue weighted by Gasteiger charge is -2.38. The number of fused-ring (bicyclic) bond motifs is 1. The van der Waals surface area contributed by atoms with Gasteiger partial charge >= 0.3 is 0 Å². The fraction of sp³-hybridized carbons (Fsp3) is 0.190. The number of rotatable bonds is 3. The Bertz CT molecular complexity index is 988. The van der Waals surface area contributed by atoms with Crippen molar-refractivity contribution in [2.24, 2.45) is 11.8 Å². The van der Waals surface area contributed by atoms with Crippen LogP contribution in [-0.2, 0) is 9.59 Å². The van der Waals surface area contributed by atoms with Crippen molar-refractivity contribution in [2.45, 2.75) is 12.8 Å². The molecule has 1 fully saturated rings. The normalized spacial score (nSPS) is 21.1. The molecule has 0 spiro atoms. The predicted octanol–water partition coefficient (Wildman–Crippen LogP) is 3.04. The van der Waals surface area contributed by atoms with Crippen molar-refractivity contribution in [2.75, 3.05) is 10.3 Å². The van der Waals surface area contributed by atoms with Crippen LogP contribution in [-0.4, -0.2) is 17.7 Å². The van der Waals surface area contributed by atoms with Gasteiger partial charge in [-0.05, 0) is 43.2 Å². The molecule has 7 heteroatoms. The smallest absolute Gasteiger partial charge is 0.255 e. The summed E-state index contributed by atoms with van der Waals surface area (Å²) >= 11 is 0. The first-order valence-electron chi connectivity index (χ1n) is 9.00. The van der Waals surface area contributed by atoms with E-state index >= 15 is 0 Å². The first kappa shape index (κ1) is 17.9. The largest absolute Gasteiger partial charge is 0.319 e. The highest BCUT2D eigenvalue weighted by atomic mass is 19.1. The van der Waals surface area contributed by atoms with Gasteiger partial charge in [0.2, 0.25) is 11.8 Å². The van der Waals surface area contributed by atoms with Crippen molar-refractivity contribution < 1.29 is 18.8 Å². The molecule has 0 aromatic heterocycles. The molecule has 1 aliphatic heterocycles. The number of nitrogens with one attached hydrogen (secondary N) is 2. The average Bonchev–Trinajstić information content (AvgIpc) is 2.72. The lowest BCUT2D eigenvalue weighted by atomic mass is 9.80. The summed E-state index contributed by atoms with van der Waals surface area (Å²) in [5.74, 6) is -2.24. The Morgan fingerprint density at radius 2 is 1.79 bits per heavy atom. The summed E-state index contributed by atoms with van der Waals surface area (Å²) in [6.45, 7) is 0. The van der Waals surface area contributed by atoms with Gasteiger partial charge in [0.15, 0.2) is 0 Å². The van der Waals surface area contributed by atoms with E-state index in [2.05, 4.69) is 10.7 Å². The van der Waals surface area contributed by atoms with Crippen molar-refractivity contribution in [1.29, 1.82) is 0 Å². The summed E-state index contributed by atoms with van der Waals surface area (Å²) in [4.78, 5) is 37.7. The molecule has 1 heterocycles. The van der Waals surface area contributed by atoms with Crippen molar-refractivity contribution in [3.8, 4) is 0 Å². The van der Waals surface area contributed by atoms with Crippen LogP contribution in [0.4, 0.5) is 15.8 Å². The van der Waals surface area contributed by atoms with Crippen molar-refractivity contribution in [1.82, 2.24) is 5.43 Å². The summed E-state index contributed by atoms with van der Waals surface area (Å²) < 4.78 is 13.8. The number of carbonyl (C=O) groups is 3. The minimum absolute atomic E-state index is 0.0667. The van der Waals surface area contributed by atoms with Crippen LogP contribution in [0.5, 0.6) is 0 Å². The van der Waals surface area contributed by atoms with Gasteiger partial charge in [-0.1, -0.05) is 30.4 Å². The minimum atomic E-state index is -0.540. The van der Waals surface area contributed by atoms with Crippen LogP contribution in [0.25, 0.3) is 0 Å². The molecule has 4 rings (SSSR count). The maximum Gasteiger partial charge on any atom is 0.255 e. The molecule has 0 saturated carbocycles. The number of anilines is 2. The molecule has 1 saturated heterocycles. The highest BCUT2D eigenvalue weighted by molar-refractivity contribution is 6.07. The van der Waals surface area contributed by atoms with Gasteiger partial charge in [-0.3, -0.25) is 19.8 Å². The SMILES string of the molecule is O=C(Nc1ccccc1F)c1cccc(N2NC(=O)[C@@H]3CC=CC[C@@H]3C2=O)c1. The standard InChI is InChI=1S/C21H18FN3O3/c22-17-10-3-4-11-18(17)23-19(26)13-6-5-7-14(12-13)25-21(28)16-9-2-1-8-15(16)20(27)24-25/h1-7,10-12,15-16H,8-9H2,(H,23,26)(H,24,27)/t15-,16+/m1/s1. The van der Waals surface area contributed by atoms with E-state index in [1.165, 1.54) is 29.3 Å². The highest BCUT2D eigenvalue weighted by Gasteiger charge is 2.42. The third-order valence-corrected chi connectivity index (χ3v) is 5.02. The quantitative estimate of drug-likeness (QED) is 0.805. The molecule has 1 aliphatic carbocycles. The molecule has 0 radical (unpaired) electrons. The molecular formula is C21H18FN3O3. The molecule has 2 aromatic carbocycles. The van der Waals surface area contributed by atoms with Crippen LogP contribution in [0.1, 0.15) is 23.2 Å². The van der Waals surface area contributed by atoms with Crippen LogP contribution < -0.4 is 15.8 Å². The molecule has 142 valence electrons. The number of halogens is 1. The van der Waals surface area contributed by atoms with Gasteiger partial charge in [0.05, 0.1) is 23.2 Å². The molecule has 0 bridgehead atoms. The Morgan fingerprint density at radius 1 is 1.04 bits per heavy atom. The fourth-order valence-electron chi connectivity index (χ4n) is 3.53. The summed E-state index contributed by atoms with van der Waals surface area (Å²) in [5, 5.41) is 3.71. The zero-order valence-electron chi connectivity index (χ0n) is 14.9. The van der Waals surface area contributed by atoms with Gasteiger partial charge in [-0.15, -0.1) is 0 Å². The van der Waals surface area contributed by atoms with Crippen molar-refractivity contribution in [3.05, 3.63) is 72.1 Å². The molecular weight excluding hydrogens is 361 g/mol. The Balaban J connectivity index is 1.57. The number of carbonyl (C=O) groups excluding carboxylic acids is 3. The van der Waals surface area contributed by atoms with Crippen LogP contribution in [0, 0.1) is 17.7 Å². The van der Waals surface area contributed by atoms with Gasteiger partial charge in [0, 0.05) is 5.56 Å². The summed E-state index contributed by atoms with van der Waals surface area (Å²) in [5.41, 5.74) is 3.32. The molecule has 0 unspecified atom stereocenters. The molecule has 3 amide bonds. The van der Waals surface area contributed by atoms with E-state index in [1.54, 1.807) is 24.3 Å². The number of amides is 3. The molecule has 6 nitrogen and oxygen atoms in total. The second-order valence-corrected chi connectivity index (χ2v) is 6.79. The lowest BCUT2D eigenvalue weighted by molar-refractivity contribution is -0.139. The van der Waals surface area contributed by atoms with Gasteiger partial charge < -0.3 is 5.32 Å². The Morgan fingerprint density at radius 3 is 2.57 bits per heavy atom. The zero-order chi connectivity index (χ0) is 19.7. The van der Waals surface area contributed by atoms with E-state index in [-0.39, 0.29) is 29.0 Å².